The first kappa shape index (κ1) is 13.3. The van der Waals surface area contributed by atoms with Crippen LogP contribution in [0.4, 0.5) is 0 Å². The molecule has 0 radical (unpaired) electrons. The zero-order chi connectivity index (χ0) is 12.3. The lowest BCUT2D eigenvalue weighted by Crippen LogP contribution is -2.46. The number of likely N-dealkylation sites (tertiary alicyclic amines) is 2. The summed E-state index contributed by atoms with van der Waals surface area (Å²) in [6.45, 7) is 9.74. The van der Waals surface area contributed by atoms with E-state index < -0.39 is 0 Å². The number of likely N-dealkylation sites (N-methyl/N-ethyl adjacent to an activating group) is 1. The molecule has 0 aromatic rings. The van der Waals surface area contributed by atoms with Gasteiger partial charge >= 0.3 is 0 Å². The van der Waals surface area contributed by atoms with E-state index in [9.17, 15) is 0 Å². The molecule has 3 atom stereocenters. The third-order valence-electron chi connectivity index (χ3n) is 4.39. The van der Waals surface area contributed by atoms with Gasteiger partial charge < -0.3 is 15.1 Å². The van der Waals surface area contributed by atoms with Gasteiger partial charge in [-0.1, -0.05) is 6.42 Å². The number of rotatable bonds is 4. The first-order valence-electron chi connectivity index (χ1n) is 7.34. The van der Waals surface area contributed by atoms with Crippen LogP contribution in [-0.2, 0) is 0 Å². The summed E-state index contributed by atoms with van der Waals surface area (Å²) < 4.78 is 0. The van der Waals surface area contributed by atoms with Crippen molar-refractivity contribution in [3.8, 4) is 0 Å². The highest BCUT2D eigenvalue weighted by molar-refractivity contribution is 4.87. The van der Waals surface area contributed by atoms with Crippen molar-refractivity contribution in [2.24, 2.45) is 0 Å². The van der Waals surface area contributed by atoms with Crippen LogP contribution in [0.1, 0.15) is 39.5 Å². The van der Waals surface area contributed by atoms with Crippen molar-refractivity contribution in [3.05, 3.63) is 0 Å². The molecule has 3 nitrogen and oxygen atoms in total. The topological polar surface area (TPSA) is 18.5 Å². The zero-order valence-electron chi connectivity index (χ0n) is 11.8. The number of hydrogen-bond acceptors (Lipinski definition) is 3. The van der Waals surface area contributed by atoms with Crippen molar-refractivity contribution < 1.29 is 0 Å². The maximum absolute atomic E-state index is 3.80. The molecule has 2 heterocycles. The van der Waals surface area contributed by atoms with E-state index in [-0.39, 0.29) is 0 Å². The molecule has 0 saturated carbocycles. The normalized spacial score (nSPS) is 34.1. The van der Waals surface area contributed by atoms with Crippen LogP contribution in [0.3, 0.4) is 0 Å². The van der Waals surface area contributed by atoms with E-state index >= 15 is 0 Å². The van der Waals surface area contributed by atoms with E-state index in [1.165, 1.54) is 51.9 Å². The lowest BCUT2D eigenvalue weighted by atomic mass is 10.1. The van der Waals surface area contributed by atoms with Crippen molar-refractivity contribution in [2.45, 2.75) is 57.7 Å². The highest BCUT2D eigenvalue weighted by Crippen LogP contribution is 2.16. The second-order valence-electron chi connectivity index (χ2n) is 6.15. The summed E-state index contributed by atoms with van der Waals surface area (Å²) in [7, 11) is 2.24. The molecular formula is C14H29N3. The van der Waals surface area contributed by atoms with E-state index in [2.05, 4.69) is 36.0 Å². The van der Waals surface area contributed by atoms with E-state index in [0.29, 0.717) is 12.1 Å². The summed E-state index contributed by atoms with van der Waals surface area (Å²) in [5, 5.41) is 3.80. The number of nitrogens with zero attached hydrogens (tertiary/aromatic N) is 2. The summed E-state index contributed by atoms with van der Waals surface area (Å²) in [4.78, 5) is 5.09. The Hall–Kier alpha value is -0.120. The lowest BCUT2D eigenvalue weighted by molar-refractivity contribution is 0.204. The van der Waals surface area contributed by atoms with Crippen LogP contribution in [0, 0.1) is 0 Å². The highest BCUT2D eigenvalue weighted by atomic mass is 15.2. The molecule has 2 aliphatic heterocycles. The SMILES string of the molecule is CC(CN1CCCCC1)NC1CC(C)N(C)C1. The van der Waals surface area contributed by atoms with E-state index in [4.69, 9.17) is 0 Å². The molecule has 100 valence electrons. The van der Waals surface area contributed by atoms with Crippen LogP contribution in [0.25, 0.3) is 0 Å². The first-order chi connectivity index (χ1) is 8.15. The second-order valence-corrected chi connectivity index (χ2v) is 6.15. The quantitative estimate of drug-likeness (QED) is 0.803. The molecule has 2 aliphatic rings. The highest BCUT2D eigenvalue weighted by Gasteiger charge is 2.27. The molecule has 3 heteroatoms. The molecule has 2 saturated heterocycles. The Bertz CT molecular complexity index is 216. The maximum atomic E-state index is 3.80. The molecular weight excluding hydrogens is 210 g/mol. The maximum Gasteiger partial charge on any atom is 0.0212 e. The zero-order valence-corrected chi connectivity index (χ0v) is 11.8. The Morgan fingerprint density at radius 2 is 1.94 bits per heavy atom. The number of nitrogens with one attached hydrogen (secondary N) is 1. The Balaban J connectivity index is 1.68. The van der Waals surface area contributed by atoms with Gasteiger partial charge in [0.15, 0.2) is 0 Å². The summed E-state index contributed by atoms with van der Waals surface area (Å²) in [5.74, 6) is 0. The Labute approximate surface area is 107 Å². The molecule has 0 spiro atoms. The lowest BCUT2D eigenvalue weighted by Gasteiger charge is -2.30. The molecule has 0 aliphatic carbocycles. The Kier molecular flexibility index (Phi) is 4.83. The van der Waals surface area contributed by atoms with Crippen LogP contribution in [0.2, 0.25) is 0 Å². The molecule has 17 heavy (non-hydrogen) atoms. The van der Waals surface area contributed by atoms with E-state index in [0.717, 1.165) is 6.04 Å². The van der Waals surface area contributed by atoms with Crippen LogP contribution in [-0.4, -0.2) is 61.2 Å². The van der Waals surface area contributed by atoms with Crippen LogP contribution in [0.15, 0.2) is 0 Å². The fraction of sp³-hybridized carbons (Fsp3) is 1.00. The standard InChI is InChI=1S/C14H29N3/c1-12(10-17-7-5-4-6-8-17)15-14-9-13(2)16(3)11-14/h12-15H,4-11H2,1-3H3. The van der Waals surface area contributed by atoms with E-state index in [1.54, 1.807) is 0 Å². The van der Waals surface area contributed by atoms with Crippen molar-refractivity contribution in [2.75, 3.05) is 33.2 Å². The van der Waals surface area contributed by atoms with Crippen molar-refractivity contribution >= 4 is 0 Å². The summed E-state index contributed by atoms with van der Waals surface area (Å²) in [5.41, 5.74) is 0. The monoisotopic (exact) mass is 239 g/mol. The fourth-order valence-electron chi connectivity index (χ4n) is 3.30. The second kappa shape index (κ2) is 6.17. The molecule has 2 rings (SSSR count). The summed E-state index contributed by atoms with van der Waals surface area (Å²) >= 11 is 0. The van der Waals surface area contributed by atoms with Gasteiger partial charge in [-0.2, -0.15) is 0 Å². The van der Waals surface area contributed by atoms with Gasteiger partial charge in [-0.25, -0.2) is 0 Å². The fourth-order valence-corrected chi connectivity index (χ4v) is 3.30. The van der Waals surface area contributed by atoms with Gasteiger partial charge in [-0.3, -0.25) is 0 Å². The molecule has 0 aromatic carbocycles. The van der Waals surface area contributed by atoms with Crippen molar-refractivity contribution in [1.29, 1.82) is 0 Å². The van der Waals surface area contributed by atoms with Gasteiger partial charge in [0, 0.05) is 31.2 Å². The Morgan fingerprint density at radius 3 is 2.53 bits per heavy atom. The Morgan fingerprint density at radius 1 is 1.24 bits per heavy atom. The van der Waals surface area contributed by atoms with Crippen LogP contribution in [0.5, 0.6) is 0 Å². The minimum atomic E-state index is 0.636. The average molecular weight is 239 g/mol. The van der Waals surface area contributed by atoms with Gasteiger partial charge in [-0.05, 0) is 53.2 Å². The van der Waals surface area contributed by atoms with E-state index in [1.807, 2.05) is 0 Å². The molecule has 3 unspecified atom stereocenters. The van der Waals surface area contributed by atoms with Crippen LogP contribution >= 0.6 is 0 Å². The first-order valence-corrected chi connectivity index (χ1v) is 7.34. The minimum Gasteiger partial charge on any atom is -0.309 e. The van der Waals surface area contributed by atoms with Gasteiger partial charge in [-0.15, -0.1) is 0 Å². The minimum absolute atomic E-state index is 0.636. The molecule has 1 N–H and O–H groups in total. The smallest absolute Gasteiger partial charge is 0.0212 e. The largest absolute Gasteiger partial charge is 0.309 e. The summed E-state index contributed by atoms with van der Waals surface area (Å²) in [6.07, 6.45) is 5.54. The summed E-state index contributed by atoms with van der Waals surface area (Å²) in [6, 6.07) is 2.08. The van der Waals surface area contributed by atoms with Gasteiger partial charge in [0.2, 0.25) is 0 Å². The van der Waals surface area contributed by atoms with Gasteiger partial charge in [0.1, 0.15) is 0 Å². The predicted octanol–water partition coefficient (Wildman–Crippen LogP) is 1.54. The third kappa shape index (κ3) is 3.94. The molecule has 2 fully saturated rings. The third-order valence-corrected chi connectivity index (χ3v) is 4.39. The van der Waals surface area contributed by atoms with Crippen molar-refractivity contribution in [1.82, 2.24) is 15.1 Å². The average Bonchev–Trinajstić information content (AvgIpc) is 2.59. The van der Waals surface area contributed by atoms with Gasteiger partial charge in [0.25, 0.3) is 0 Å². The number of hydrogen-bond donors (Lipinski definition) is 1. The predicted molar refractivity (Wildman–Crippen MR) is 73.4 cm³/mol. The van der Waals surface area contributed by atoms with Gasteiger partial charge in [0.05, 0.1) is 0 Å². The molecule has 0 aromatic heterocycles. The van der Waals surface area contributed by atoms with Crippen LogP contribution < -0.4 is 5.32 Å². The molecule has 0 amide bonds. The van der Waals surface area contributed by atoms with Crippen molar-refractivity contribution in [3.63, 3.8) is 0 Å². The molecule has 0 bridgehead atoms. The number of piperidine rings is 1.